The third-order valence-corrected chi connectivity index (χ3v) is 4.42. The number of nitrogens with zero attached hydrogens (tertiary/aromatic N) is 1. The number of ether oxygens (including phenoxy) is 3. The van der Waals surface area contributed by atoms with E-state index in [4.69, 9.17) is 19.5 Å². The summed E-state index contributed by atoms with van der Waals surface area (Å²) in [7, 11) is 1.36. The molecule has 0 aliphatic heterocycles. The van der Waals surface area contributed by atoms with E-state index in [1.807, 2.05) is 6.07 Å². The van der Waals surface area contributed by atoms with Crippen LogP contribution >= 0.6 is 0 Å². The fourth-order valence-corrected chi connectivity index (χ4v) is 2.77. The molecule has 3 aromatic carbocycles. The number of rotatable bonds is 8. The van der Waals surface area contributed by atoms with Crippen LogP contribution in [0.2, 0.25) is 0 Å². The standard InChI is InChI=1S/C24H18F2N2O5/c1-31-22-11-16(24(30)33-13-17-10-15(12-27)2-8-20(17)26)3-9-21(22)32-14-23(29)28-19-6-4-18(25)5-7-19/h2-11H,13-14H2,1H3,(H,28,29). The minimum atomic E-state index is -0.740. The molecule has 1 amide bonds. The Morgan fingerprint density at radius 1 is 1.00 bits per heavy atom. The van der Waals surface area contributed by atoms with Crippen molar-refractivity contribution in [1.29, 1.82) is 5.26 Å². The Morgan fingerprint density at radius 3 is 2.45 bits per heavy atom. The molecule has 3 aromatic rings. The second-order valence-corrected chi connectivity index (χ2v) is 6.70. The Bertz CT molecular complexity index is 1210. The smallest absolute Gasteiger partial charge is 0.338 e. The zero-order chi connectivity index (χ0) is 23.8. The van der Waals surface area contributed by atoms with Crippen LogP contribution in [-0.2, 0) is 16.1 Å². The molecule has 0 heterocycles. The maximum absolute atomic E-state index is 13.8. The zero-order valence-electron chi connectivity index (χ0n) is 17.4. The summed E-state index contributed by atoms with van der Waals surface area (Å²) in [5.74, 6) is -1.85. The number of carbonyl (C=O) groups is 2. The van der Waals surface area contributed by atoms with Gasteiger partial charge in [-0.05, 0) is 60.7 Å². The summed E-state index contributed by atoms with van der Waals surface area (Å²) >= 11 is 0. The first-order valence-electron chi connectivity index (χ1n) is 9.61. The van der Waals surface area contributed by atoms with Gasteiger partial charge >= 0.3 is 5.97 Å². The molecular weight excluding hydrogens is 434 g/mol. The Labute approximate surface area is 188 Å². The predicted octanol–water partition coefficient (Wildman–Crippen LogP) is 4.22. The molecule has 0 bridgehead atoms. The molecule has 0 aromatic heterocycles. The molecule has 1 N–H and O–H groups in total. The number of benzene rings is 3. The van der Waals surface area contributed by atoms with E-state index in [2.05, 4.69) is 5.32 Å². The summed E-state index contributed by atoms with van der Waals surface area (Å²) in [6, 6.07) is 15.1. The van der Waals surface area contributed by atoms with Crippen LogP contribution in [-0.4, -0.2) is 25.6 Å². The number of carbonyl (C=O) groups excluding carboxylic acids is 2. The van der Waals surface area contributed by atoms with Crippen molar-refractivity contribution in [3.05, 3.63) is 89.0 Å². The van der Waals surface area contributed by atoms with Crippen molar-refractivity contribution in [2.45, 2.75) is 6.61 Å². The average molecular weight is 452 g/mol. The van der Waals surface area contributed by atoms with Crippen LogP contribution in [0.15, 0.2) is 60.7 Å². The van der Waals surface area contributed by atoms with E-state index < -0.39 is 23.5 Å². The van der Waals surface area contributed by atoms with Crippen molar-refractivity contribution in [2.24, 2.45) is 0 Å². The molecule has 0 atom stereocenters. The second kappa shape index (κ2) is 10.7. The van der Waals surface area contributed by atoms with E-state index in [0.717, 1.165) is 6.07 Å². The Hall–Kier alpha value is -4.45. The third kappa shape index (κ3) is 6.27. The van der Waals surface area contributed by atoms with Gasteiger partial charge in [-0.3, -0.25) is 4.79 Å². The highest BCUT2D eigenvalue weighted by Gasteiger charge is 2.15. The van der Waals surface area contributed by atoms with Gasteiger partial charge in [0.15, 0.2) is 18.1 Å². The molecule has 0 unspecified atom stereocenters. The van der Waals surface area contributed by atoms with Crippen molar-refractivity contribution in [1.82, 2.24) is 0 Å². The Kier molecular flexibility index (Phi) is 7.55. The number of methoxy groups -OCH3 is 1. The molecule has 0 saturated carbocycles. The molecule has 0 spiro atoms. The number of hydrogen-bond acceptors (Lipinski definition) is 6. The van der Waals surface area contributed by atoms with Crippen molar-refractivity contribution in [3.8, 4) is 17.6 Å². The monoisotopic (exact) mass is 452 g/mol. The lowest BCUT2D eigenvalue weighted by Gasteiger charge is -2.12. The number of nitrogens with one attached hydrogen (secondary N) is 1. The maximum Gasteiger partial charge on any atom is 0.338 e. The molecule has 0 aliphatic carbocycles. The molecule has 0 aliphatic rings. The topological polar surface area (TPSA) is 97.7 Å². The third-order valence-electron chi connectivity index (χ3n) is 4.42. The van der Waals surface area contributed by atoms with Crippen LogP contribution in [0.25, 0.3) is 0 Å². The van der Waals surface area contributed by atoms with Gasteiger partial charge in [0.2, 0.25) is 0 Å². The minimum absolute atomic E-state index is 0.0708. The van der Waals surface area contributed by atoms with E-state index in [1.165, 1.54) is 61.7 Å². The van der Waals surface area contributed by atoms with Crippen LogP contribution in [0.5, 0.6) is 11.5 Å². The van der Waals surface area contributed by atoms with Crippen LogP contribution in [0, 0.1) is 23.0 Å². The summed E-state index contributed by atoms with van der Waals surface area (Å²) in [5, 5.41) is 11.5. The maximum atomic E-state index is 13.8. The van der Waals surface area contributed by atoms with E-state index in [0.29, 0.717) is 5.69 Å². The quantitative estimate of drug-likeness (QED) is 0.514. The Balaban J connectivity index is 1.60. The van der Waals surface area contributed by atoms with Gasteiger partial charge in [-0.15, -0.1) is 0 Å². The van der Waals surface area contributed by atoms with Gasteiger partial charge < -0.3 is 19.5 Å². The summed E-state index contributed by atoms with van der Waals surface area (Å²) in [6.07, 6.45) is 0. The van der Waals surface area contributed by atoms with E-state index >= 15 is 0 Å². The normalized spacial score (nSPS) is 10.1. The predicted molar refractivity (Wildman–Crippen MR) is 114 cm³/mol. The summed E-state index contributed by atoms with van der Waals surface area (Å²) in [6.45, 7) is -0.712. The van der Waals surface area contributed by atoms with Crippen LogP contribution in [0.1, 0.15) is 21.5 Å². The zero-order valence-corrected chi connectivity index (χ0v) is 17.4. The van der Waals surface area contributed by atoms with Crippen LogP contribution < -0.4 is 14.8 Å². The number of halogens is 2. The molecule has 7 nitrogen and oxygen atoms in total. The first kappa shape index (κ1) is 23.2. The van der Waals surface area contributed by atoms with Crippen LogP contribution in [0.3, 0.4) is 0 Å². The highest BCUT2D eigenvalue weighted by Crippen LogP contribution is 2.28. The van der Waals surface area contributed by atoms with Crippen LogP contribution in [0.4, 0.5) is 14.5 Å². The number of nitriles is 1. The molecule has 3 rings (SSSR count). The average Bonchev–Trinajstić information content (AvgIpc) is 2.83. The van der Waals surface area contributed by atoms with Crippen molar-refractivity contribution < 1.29 is 32.6 Å². The minimum Gasteiger partial charge on any atom is -0.493 e. The molecule has 0 radical (unpaired) electrons. The molecule has 0 fully saturated rings. The lowest BCUT2D eigenvalue weighted by atomic mass is 10.1. The second-order valence-electron chi connectivity index (χ2n) is 6.70. The molecule has 9 heteroatoms. The van der Waals surface area contributed by atoms with Gasteiger partial charge in [0.05, 0.1) is 24.3 Å². The lowest BCUT2D eigenvalue weighted by Crippen LogP contribution is -2.20. The van der Waals surface area contributed by atoms with Gasteiger partial charge in [-0.25, -0.2) is 13.6 Å². The lowest BCUT2D eigenvalue weighted by molar-refractivity contribution is -0.118. The van der Waals surface area contributed by atoms with Crippen molar-refractivity contribution >= 4 is 17.6 Å². The summed E-state index contributed by atoms with van der Waals surface area (Å²) < 4.78 is 42.6. The van der Waals surface area contributed by atoms with E-state index in [-0.39, 0.29) is 41.4 Å². The van der Waals surface area contributed by atoms with Gasteiger partial charge in [0.1, 0.15) is 18.2 Å². The van der Waals surface area contributed by atoms with Crippen molar-refractivity contribution in [2.75, 3.05) is 19.0 Å². The Morgan fingerprint density at radius 2 is 1.76 bits per heavy atom. The van der Waals surface area contributed by atoms with Crippen molar-refractivity contribution in [3.63, 3.8) is 0 Å². The first-order valence-corrected chi connectivity index (χ1v) is 9.61. The fourth-order valence-electron chi connectivity index (χ4n) is 2.77. The SMILES string of the molecule is COc1cc(C(=O)OCc2cc(C#N)ccc2F)ccc1OCC(=O)Nc1ccc(F)cc1. The highest BCUT2D eigenvalue weighted by atomic mass is 19.1. The summed E-state index contributed by atoms with van der Waals surface area (Å²) in [4.78, 5) is 24.4. The summed E-state index contributed by atoms with van der Waals surface area (Å²) in [5.41, 5.74) is 0.842. The number of hydrogen-bond donors (Lipinski definition) is 1. The largest absolute Gasteiger partial charge is 0.493 e. The van der Waals surface area contributed by atoms with Gasteiger partial charge in [0, 0.05) is 11.3 Å². The molecular formula is C24H18F2N2O5. The number of amides is 1. The highest BCUT2D eigenvalue weighted by molar-refractivity contribution is 5.92. The fraction of sp³-hybridized carbons (Fsp3) is 0.125. The van der Waals surface area contributed by atoms with Gasteiger partial charge in [-0.2, -0.15) is 5.26 Å². The van der Waals surface area contributed by atoms with Gasteiger partial charge in [0.25, 0.3) is 5.91 Å². The van der Waals surface area contributed by atoms with E-state index in [1.54, 1.807) is 0 Å². The number of esters is 1. The first-order chi connectivity index (χ1) is 15.9. The molecule has 168 valence electrons. The van der Waals surface area contributed by atoms with Gasteiger partial charge in [-0.1, -0.05) is 0 Å². The number of anilines is 1. The molecule has 33 heavy (non-hydrogen) atoms. The molecule has 0 saturated heterocycles. The van der Waals surface area contributed by atoms with E-state index in [9.17, 15) is 18.4 Å².